The third-order valence-electron chi connectivity index (χ3n) is 4.34. The van der Waals surface area contributed by atoms with Crippen molar-refractivity contribution in [1.29, 1.82) is 0 Å². The van der Waals surface area contributed by atoms with E-state index < -0.39 is 0 Å². The Morgan fingerprint density at radius 3 is 2.96 bits per heavy atom. The number of aromatic nitrogens is 2. The zero-order chi connectivity index (χ0) is 17.6. The van der Waals surface area contributed by atoms with Crippen LogP contribution in [-0.4, -0.2) is 40.0 Å². The molecule has 6 nitrogen and oxygen atoms in total. The van der Waals surface area contributed by atoms with E-state index in [4.69, 9.17) is 10.1 Å². The molecule has 7 heteroatoms. The number of carbonyl (C=O) groups is 1. The molecule has 2 aromatic rings. The normalized spacial score (nSPS) is 16.2. The van der Waals surface area contributed by atoms with E-state index in [1.165, 1.54) is 19.3 Å². The molecule has 1 aliphatic carbocycles. The minimum absolute atomic E-state index is 0.0697. The van der Waals surface area contributed by atoms with E-state index in [2.05, 4.69) is 10.4 Å². The number of hydrogen-bond donors (Lipinski definition) is 2. The lowest BCUT2D eigenvalue weighted by molar-refractivity contribution is 0.0945. The summed E-state index contributed by atoms with van der Waals surface area (Å²) in [6, 6.07) is 7.80. The molecule has 1 aliphatic rings. The molecule has 1 amide bonds. The Hall–Kier alpha value is -1.99. The van der Waals surface area contributed by atoms with Gasteiger partial charge in [0.25, 0.3) is 5.91 Å². The molecule has 1 fully saturated rings. The Morgan fingerprint density at radius 2 is 2.20 bits per heavy atom. The van der Waals surface area contributed by atoms with E-state index in [1.54, 1.807) is 17.4 Å². The standard InChI is InChI=1S/C18H24N4O2S/c1-22-18(20-15-8-3-2-4-9-15)25-17(21-22)14-7-5-6-13(12-14)16(24)19-10-11-23/h5-7,12,15,23H,2-4,8-11H2,1H3,(H,19,24). The van der Waals surface area contributed by atoms with Gasteiger partial charge in [-0.1, -0.05) is 42.7 Å². The smallest absolute Gasteiger partial charge is 0.251 e. The number of aliphatic hydroxyl groups is 1. The van der Waals surface area contributed by atoms with Gasteiger partial charge >= 0.3 is 0 Å². The second-order valence-corrected chi connectivity index (χ2v) is 7.25. The van der Waals surface area contributed by atoms with E-state index in [-0.39, 0.29) is 19.1 Å². The Balaban J connectivity index is 1.84. The van der Waals surface area contributed by atoms with Crippen molar-refractivity contribution >= 4 is 17.2 Å². The van der Waals surface area contributed by atoms with Gasteiger partial charge in [0.1, 0.15) is 5.01 Å². The predicted molar refractivity (Wildman–Crippen MR) is 98.4 cm³/mol. The van der Waals surface area contributed by atoms with Gasteiger partial charge in [0.15, 0.2) is 0 Å². The number of hydrogen-bond acceptors (Lipinski definition) is 5. The van der Waals surface area contributed by atoms with Gasteiger partial charge in [-0.2, -0.15) is 5.10 Å². The van der Waals surface area contributed by atoms with Crippen LogP contribution in [0.15, 0.2) is 29.3 Å². The number of aryl methyl sites for hydroxylation is 1. The summed E-state index contributed by atoms with van der Waals surface area (Å²) in [5, 5.41) is 16.9. The summed E-state index contributed by atoms with van der Waals surface area (Å²) >= 11 is 1.56. The molecule has 0 aliphatic heterocycles. The Labute approximate surface area is 151 Å². The van der Waals surface area contributed by atoms with Crippen molar-refractivity contribution in [3.63, 3.8) is 0 Å². The number of nitrogens with one attached hydrogen (secondary N) is 1. The SMILES string of the molecule is Cn1nc(-c2cccc(C(=O)NCCO)c2)sc1=NC1CCCCC1. The minimum atomic E-state index is -0.191. The fraction of sp³-hybridized carbons (Fsp3) is 0.500. The lowest BCUT2D eigenvalue weighted by Crippen LogP contribution is -2.26. The van der Waals surface area contributed by atoms with E-state index >= 15 is 0 Å². The summed E-state index contributed by atoms with van der Waals surface area (Å²) in [7, 11) is 1.92. The molecule has 0 atom stereocenters. The lowest BCUT2D eigenvalue weighted by Gasteiger charge is -2.16. The van der Waals surface area contributed by atoms with E-state index in [0.29, 0.717) is 11.6 Å². The average Bonchev–Trinajstić information content (AvgIpc) is 3.01. The van der Waals surface area contributed by atoms with Gasteiger partial charge in [-0.3, -0.25) is 9.79 Å². The maximum atomic E-state index is 12.1. The highest BCUT2D eigenvalue weighted by Gasteiger charge is 2.14. The first-order chi connectivity index (χ1) is 12.2. The van der Waals surface area contributed by atoms with Crippen molar-refractivity contribution in [1.82, 2.24) is 15.1 Å². The van der Waals surface area contributed by atoms with Gasteiger partial charge < -0.3 is 10.4 Å². The van der Waals surface area contributed by atoms with Crippen molar-refractivity contribution in [3.05, 3.63) is 34.6 Å². The molecule has 0 unspecified atom stereocenters. The first kappa shape index (κ1) is 17.8. The molecular weight excluding hydrogens is 336 g/mol. The lowest BCUT2D eigenvalue weighted by atomic mass is 9.96. The van der Waals surface area contributed by atoms with Gasteiger partial charge in [-0.05, 0) is 25.0 Å². The van der Waals surface area contributed by atoms with Crippen LogP contribution in [-0.2, 0) is 7.05 Å². The van der Waals surface area contributed by atoms with Crippen LogP contribution in [0.25, 0.3) is 10.6 Å². The van der Waals surface area contributed by atoms with Crippen LogP contribution < -0.4 is 10.1 Å². The molecule has 1 saturated carbocycles. The Bertz CT molecular complexity index is 790. The van der Waals surface area contributed by atoms with Crippen LogP contribution in [0.4, 0.5) is 0 Å². The molecule has 134 valence electrons. The number of benzene rings is 1. The summed E-state index contributed by atoms with van der Waals surface area (Å²) in [5.41, 5.74) is 1.47. The highest BCUT2D eigenvalue weighted by molar-refractivity contribution is 7.12. The zero-order valence-electron chi connectivity index (χ0n) is 14.4. The molecule has 0 bridgehead atoms. The van der Waals surface area contributed by atoms with Crippen LogP contribution in [0.1, 0.15) is 42.5 Å². The third-order valence-corrected chi connectivity index (χ3v) is 5.41. The molecule has 2 N–H and O–H groups in total. The second kappa shape index (κ2) is 8.40. The van der Waals surface area contributed by atoms with Crippen LogP contribution >= 0.6 is 11.3 Å². The largest absolute Gasteiger partial charge is 0.395 e. The summed E-state index contributed by atoms with van der Waals surface area (Å²) in [6.45, 7) is 0.180. The number of amides is 1. The molecule has 0 saturated heterocycles. The van der Waals surface area contributed by atoms with Gasteiger partial charge in [0.2, 0.25) is 4.80 Å². The molecule has 3 rings (SSSR count). The predicted octanol–water partition coefficient (Wildman–Crippen LogP) is 2.10. The fourth-order valence-electron chi connectivity index (χ4n) is 3.01. The van der Waals surface area contributed by atoms with E-state index in [1.807, 2.05) is 29.9 Å². The summed E-state index contributed by atoms with van der Waals surface area (Å²) in [6.07, 6.45) is 6.15. The van der Waals surface area contributed by atoms with Crippen LogP contribution in [0.2, 0.25) is 0 Å². The Kier molecular flexibility index (Phi) is 5.99. The second-order valence-electron chi connectivity index (χ2n) is 6.29. The number of rotatable bonds is 5. The van der Waals surface area contributed by atoms with Gasteiger partial charge in [-0.25, -0.2) is 4.68 Å². The van der Waals surface area contributed by atoms with Crippen LogP contribution in [0.5, 0.6) is 0 Å². The summed E-state index contributed by atoms with van der Waals surface area (Å²) in [5.74, 6) is -0.191. The highest BCUT2D eigenvalue weighted by Crippen LogP contribution is 2.22. The first-order valence-corrected chi connectivity index (χ1v) is 9.56. The van der Waals surface area contributed by atoms with E-state index in [9.17, 15) is 4.79 Å². The van der Waals surface area contributed by atoms with Crippen molar-refractivity contribution in [2.45, 2.75) is 38.1 Å². The van der Waals surface area contributed by atoms with Gasteiger partial charge in [0.05, 0.1) is 12.6 Å². The third kappa shape index (κ3) is 4.55. The molecule has 0 radical (unpaired) electrons. The van der Waals surface area contributed by atoms with E-state index in [0.717, 1.165) is 28.2 Å². The van der Waals surface area contributed by atoms with Gasteiger partial charge in [0, 0.05) is 24.7 Å². The van der Waals surface area contributed by atoms with Crippen LogP contribution in [0.3, 0.4) is 0 Å². The van der Waals surface area contributed by atoms with Crippen molar-refractivity contribution in [2.75, 3.05) is 13.2 Å². The number of nitrogens with zero attached hydrogens (tertiary/aromatic N) is 3. The van der Waals surface area contributed by atoms with Crippen LogP contribution in [0, 0.1) is 0 Å². The average molecular weight is 360 g/mol. The molecular formula is C18H24N4O2S. The Morgan fingerprint density at radius 1 is 1.40 bits per heavy atom. The van der Waals surface area contributed by atoms with Crippen molar-refractivity contribution < 1.29 is 9.90 Å². The number of aliphatic hydroxyl groups excluding tert-OH is 1. The first-order valence-electron chi connectivity index (χ1n) is 8.75. The fourth-order valence-corrected chi connectivity index (χ4v) is 3.97. The quantitative estimate of drug-likeness (QED) is 0.857. The summed E-state index contributed by atoms with van der Waals surface area (Å²) < 4.78 is 1.83. The monoisotopic (exact) mass is 360 g/mol. The maximum Gasteiger partial charge on any atom is 0.251 e. The van der Waals surface area contributed by atoms with Crippen molar-refractivity contribution in [2.24, 2.45) is 12.0 Å². The maximum absolute atomic E-state index is 12.1. The molecule has 0 spiro atoms. The molecule has 1 heterocycles. The number of carbonyl (C=O) groups excluding carboxylic acids is 1. The van der Waals surface area contributed by atoms with Crippen molar-refractivity contribution in [3.8, 4) is 10.6 Å². The molecule has 25 heavy (non-hydrogen) atoms. The minimum Gasteiger partial charge on any atom is -0.395 e. The molecule has 1 aromatic carbocycles. The summed E-state index contributed by atoms with van der Waals surface area (Å²) in [4.78, 5) is 17.9. The molecule has 1 aromatic heterocycles. The topological polar surface area (TPSA) is 79.5 Å². The zero-order valence-corrected chi connectivity index (χ0v) is 15.3. The van der Waals surface area contributed by atoms with Gasteiger partial charge in [-0.15, -0.1) is 0 Å². The highest BCUT2D eigenvalue weighted by atomic mass is 32.1.